The van der Waals surface area contributed by atoms with Crippen LogP contribution < -0.4 is 15.2 Å². The van der Waals surface area contributed by atoms with Crippen LogP contribution >= 0.6 is 0 Å². The number of amides is 1. The van der Waals surface area contributed by atoms with Gasteiger partial charge in [0.1, 0.15) is 30.0 Å². The van der Waals surface area contributed by atoms with E-state index in [1.807, 2.05) is 18.2 Å². The molecule has 5 rings (SSSR count). The number of nitrogens with zero attached hydrogens (tertiary/aromatic N) is 3. The number of rotatable bonds is 7. The topological polar surface area (TPSA) is 82.6 Å². The molecule has 0 unspecified atom stereocenters. The van der Waals surface area contributed by atoms with Gasteiger partial charge >= 0.3 is 6.18 Å². The molecule has 204 valence electrons. The van der Waals surface area contributed by atoms with Crippen LogP contribution in [0, 0.1) is 0 Å². The highest BCUT2D eigenvalue weighted by Gasteiger charge is 2.34. The lowest BCUT2D eigenvalue weighted by molar-refractivity contribution is -0.139. The first kappa shape index (κ1) is 26.6. The third kappa shape index (κ3) is 5.70. The monoisotopic (exact) mass is 538 g/mol. The molecule has 1 amide bonds. The van der Waals surface area contributed by atoms with Gasteiger partial charge < -0.3 is 20.1 Å². The average Bonchev–Trinajstić information content (AvgIpc) is 3.32. The minimum atomic E-state index is -4.55. The maximum absolute atomic E-state index is 13.6. The smallest absolute Gasteiger partial charge is 0.416 e. The van der Waals surface area contributed by atoms with Crippen LogP contribution in [0.15, 0.2) is 67.0 Å². The molecule has 0 bridgehead atoms. The Kier molecular flexibility index (Phi) is 7.22. The molecule has 39 heavy (non-hydrogen) atoms. The zero-order valence-corrected chi connectivity index (χ0v) is 21.6. The molecule has 1 saturated heterocycles. The van der Waals surface area contributed by atoms with Crippen LogP contribution in [0.2, 0.25) is 0 Å². The molecule has 7 nitrogen and oxygen atoms in total. The molecular formula is C29H29F3N4O3. The summed E-state index contributed by atoms with van der Waals surface area (Å²) in [5, 5.41) is 0. The van der Waals surface area contributed by atoms with Crippen LogP contribution in [0.4, 0.5) is 13.2 Å². The standard InChI is InChI=1S/C29H29F3N4O3/c1-18(22-5-3-4-6-24(22)29(30,31)32)38-27-15-19(7-9-23(27)28(33)37)36-17-34-25-16-21(8-10-26(25)36)39-20-11-13-35(2)14-12-20/h3-10,15-18,20H,11-14H2,1-2H3,(H2,33,37)/t18-/m0/s1. The molecule has 1 aliphatic heterocycles. The van der Waals surface area contributed by atoms with Crippen molar-refractivity contribution >= 4 is 16.9 Å². The Morgan fingerprint density at radius 1 is 1.08 bits per heavy atom. The molecule has 0 aliphatic carbocycles. The van der Waals surface area contributed by atoms with E-state index in [0.29, 0.717) is 11.2 Å². The summed E-state index contributed by atoms with van der Waals surface area (Å²) < 4.78 is 54.7. The van der Waals surface area contributed by atoms with Crippen molar-refractivity contribution in [3.05, 3.63) is 83.7 Å². The molecule has 0 radical (unpaired) electrons. The van der Waals surface area contributed by atoms with E-state index in [-0.39, 0.29) is 23.0 Å². The molecule has 1 atom stereocenters. The molecule has 0 saturated carbocycles. The number of benzene rings is 3. The van der Waals surface area contributed by atoms with Crippen LogP contribution in [0.25, 0.3) is 16.7 Å². The van der Waals surface area contributed by atoms with Gasteiger partial charge in [0, 0.05) is 30.8 Å². The zero-order chi connectivity index (χ0) is 27.7. The van der Waals surface area contributed by atoms with Crippen LogP contribution in [0.5, 0.6) is 11.5 Å². The fourth-order valence-corrected chi connectivity index (χ4v) is 4.89. The summed E-state index contributed by atoms with van der Waals surface area (Å²) in [7, 11) is 2.10. The van der Waals surface area contributed by atoms with Crippen molar-refractivity contribution in [3.63, 3.8) is 0 Å². The van der Waals surface area contributed by atoms with Gasteiger partial charge in [-0.2, -0.15) is 13.2 Å². The number of nitrogens with two attached hydrogens (primary N) is 1. The lowest BCUT2D eigenvalue weighted by Gasteiger charge is -2.29. The fourth-order valence-electron chi connectivity index (χ4n) is 4.89. The molecular weight excluding hydrogens is 509 g/mol. The first-order valence-electron chi connectivity index (χ1n) is 12.7. The van der Waals surface area contributed by atoms with E-state index in [2.05, 4.69) is 16.9 Å². The number of hydrogen-bond donors (Lipinski definition) is 1. The minimum absolute atomic E-state index is 0.0453. The second-order valence-corrected chi connectivity index (χ2v) is 9.78. The molecule has 2 heterocycles. The number of imidazole rings is 1. The summed E-state index contributed by atoms with van der Waals surface area (Å²) in [5.74, 6) is 0.0696. The van der Waals surface area contributed by atoms with Crippen molar-refractivity contribution in [2.24, 2.45) is 5.73 Å². The quantitative estimate of drug-likeness (QED) is 0.324. The van der Waals surface area contributed by atoms with Gasteiger partial charge in [-0.05, 0) is 57.1 Å². The summed E-state index contributed by atoms with van der Waals surface area (Å²) in [5.41, 5.74) is 6.89. The van der Waals surface area contributed by atoms with Crippen LogP contribution in [0.3, 0.4) is 0 Å². The molecule has 1 aliphatic rings. The second kappa shape index (κ2) is 10.6. The molecule has 2 N–H and O–H groups in total. The Labute approximate surface area is 223 Å². The molecule has 1 fully saturated rings. The average molecular weight is 539 g/mol. The van der Waals surface area contributed by atoms with E-state index in [0.717, 1.165) is 43.3 Å². The predicted octanol–water partition coefficient (Wildman–Crippen LogP) is 5.76. The first-order chi connectivity index (χ1) is 18.6. The summed E-state index contributed by atoms with van der Waals surface area (Å²) in [6.45, 7) is 3.49. The summed E-state index contributed by atoms with van der Waals surface area (Å²) in [6, 6.07) is 15.6. The van der Waals surface area contributed by atoms with Crippen molar-refractivity contribution < 1.29 is 27.4 Å². The van der Waals surface area contributed by atoms with Crippen molar-refractivity contribution in [1.29, 1.82) is 0 Å². The van der Waals surface area contributed by atoms with Crippen molar-refractivity contribution in [1.82, 2.24) is 14.5 Å². The summed E-state index contributed by atoms with van der Waals surface area (Å²) in [6.07, 6.45) is -1.83. The lowest BCUT2D eigenvalue weighted by Crippen LogP contribution is -2.35. The normalized spacial score (nSPS) is 15.8. The SMILES string of the molecule is C[C@H](Oc1cc(-n2cnc3cc(OC4CCN(C)CC4)ccc32)ccc1C(N)=O)c1ccccc1C(F)(F)F. The number of primary amides is 1. The van der Waals surface area contributed by atoms with Crippen molar-refractivity contribution in [2.75, 3.05) is 20.1 Å². The molecule has 3 aromatic carbocycles. The Bertz CT molecular complexity index is 1490. The van der Waals surface area contributed by atoms with Gasteiger partial charge in [-0.3, -0.25) is 9.36 Å². The van der Waals surface area contributed by atoms with Crippen LogP contribution in [-0.2, 0) is 6.18 Å². The Morgan fingerprint density at radius 2 is 1.82 bits per heavy atom. The number of alkyl halides is 3. The van der Waals surface area contributed by atoms with Crippen LogP contribution in [-0.4, -0.2) is 46.6 Å². The van der Waals surface area contributed by atoms with Gasteiger partial charge in [0.15, 0.2) is 0 Å². The van der Waals surface area contributed by atoms with Gasteiger partial charge in [-0.15, -0.1) is 0 Å². The van der Waals surface area contributed by atoms with Crippen molar-refractivity contribution in [2.45, 2.75) is 38.1 Å². The van der Waals surface area contributed by atoms with Crippen molar-refractivity contribution in [3.8, 4) is 17.2 Å². The Hall–Kier alpha value is -4.05. The Balaban J connectivity index is 1.43. The molecule has 0 spiro atoms. The third-order valence-corrected chi connectivity index (χ3v) is 7.00. The number of hydrogen-bond acceptors (Lipinski definition) is 5. The van der Waals surface area contributed by atoms with Gasteiger partial charge in [-0.1, -0.05) is 18.2 Å². The number of ether oxygens (including phenoxy) is 2. The summed E-state index contributed by atoms with van der Waals surface area (Å²) >= 11 is 0. The van der Waals surface area contributed by atoms with E-state index in [9.17, 15) is 18.0 Å². The lowest BCUT2D eigenvalue weighted by atomic mass is 10.0. The third-order valence-electron chi connectivity index (χ3n) is 7.00. The van der Waals surface area contributed by atoms with E-state index in [1.165, 1.54) is 31.2 Å². The molecule has 4 aromatic rings. The summed E-state index contributed by atoms with van der Waals surface area (Å²) in [4.78, 5) is 18.9. The molecule has 1 aromatic heterocycles. The van der Waals surface area contributed by atoms with Gasteiger partial charge in [-0.25, -0.2) is 4.98 Å². The second-order valence-electron chi connectivity index (χ2n) is 9.78. The Morgan fingerprint density at radius 3 is 2.54 bits per heavy atom. The largest absolute Gasteiger partial charge is 0.490 e. The number of aromatic nitrogens is 2. The van der Waals surface area contributed by atoms with E-state index >= 15 is 0 Å². The zero-order valence-electron chi connectivity index (χ0n) is 21.6. The van der Waals surface area contributed by atoms with Gasteiger partial charge in [0.2, 0.25) is 0 Å². The fraction of sp³-hybridized carbons (Fsp3) is 0.310. The number of likely N-dealkylation sites (tertiary alicyclic amines) is 1. The maximum Gasteiger partial charge on any atom is 0.416 e. The minimum Gasteiger partial charge on any atom is -0.490 e. The number of carbonyl (C=O) groups excluding carboxylic acids is 1. The highest BCUT2D eigenvalue weighted by molar-refractivity contribution is 5.96. The van der Waals surface area contributed by atoms with E-state index in [4.69, 9.17) is 15.2 Å². The molecule has 10 heteroatoms. The highest BCUT2D eigenvalue weighted by Crippen LogP contribution is 2.37. The maximum atomic E-state index is 13.6. The van der Waals surface area contributed by atoms with Gasteiger partial charge in [0.25, 0.3) is 5.91 Å². The van der Waals surface area contributed by atoms with Crippen LogP contribution in [0.1, 0.15) is 47.4 Å². The highest BCUT2D eigenvalue weighted by atomic mass is 19.4. The number of fused-ring (bicyclic) bond motifs is 1. The van der Waals surface area contributed by atoms with E-state index < -0.39 is 23.8 Å². The van der Waals surface area contributed by atoms with E-state index in [1.54, 1.807) is 23.0 Å². The number of carbonyl (C=O) groups is 1. The first-order valence-corrected chi connectivity index (χ1v) is 12.7. The number of piperidine rings is 1. The predicted molar refractivity (Wildman–Crippen MR) is 141 cm³/mol. The number of halogens is 3. The van der Waals surface area contributed by atoms with Gasteiger partial charge in [0.05, 0.1) is 27.8 Å².